The zero-order chi connectivity index (χ0) is 24.4. The van der Waals surface area contributed by atoms with Gasteiger partial charge in [0.15, 0.2) is 11.6 Å². The van der Waals surface area contributed by atoms with Gasteiger partial charge >= 0.3 is 24.0 Å². The molecule has 3 rings (SSSR count). The lowest BCUT2D eigenvalue weighted by Crippen LogP contribution is -2.49. The van der Waals surface area contributed by atoms with Gasteiger partial charge in [0.05, 0.1) is 20.1 Å². The fourth-order valence-corrected chi connectivity index (χ4v) is 3.49. The first-order chi connectivity index (χ1) is 15.4. The van der Waals surface area contributed by atoms with Gasteiger partial charge in [-0.25, -0.2) is 18.9 Å². The quantitative estimate of drug-likeness (QED) is 0.361. The number of primary amides is 1. The maximum Gasteiger partial charge on any atom is 0.392 e. The Kier molecular flexibility index (Phi) is 6.81. The summed E-state index contributed by atoms with van der Waals surface area (Å²) < 4.78 is 72.2. The second-order valence-electron chi connectivity index (χ2n) is 7.28. The monoisotopic (exact) mass is 476 g/mol. The maximum absolute atomic E-state index is 14.5. The van der Waals surface area contributed by atoms with Gasteiger partial charge in [-0.1, -0.05) is 0 Å². The molecule has 0 radical (unpaired) electrons. The number of nitrogens with two attached hydrogens (primary N) is 1. The molecule has 2 heterocycles. The molecule has 0 aromatic heterocycles. The number of nitrogens with zero attached hydrogens (tertiary/aromatic N) is 1. The number of hydrogen-bond acceptors (Lipinski definition) is 8. The molecule has 180 valence electrons. The second kappa shape index (κ2) is 9.25. The molecule has 2 aliphatic rings. The molecule has 2 aliphatic heterocycles. The van der Waals surface area contributed by atoms with E-state index in [9.17, 15) is 31.9 Å². The first-order valence-corrected chi connectivity index (χ1v) is 9.73. The number of alkyl halides is 3. The van der Waals surface area contributed by atoms with Gasteiger partial charge in [0.1, 0.15) is 11.3 Å². The van der Waals surface area contributed by atoms with Crippen LogP contribution in [0.1, 0.15) is 24.8 Å². The normalized spacial score (nSPS) is 21.3. The molecule has 0 saturated carbocycles. The number of carbonyl (C=O) groups excluding carboxylic acids is 3. The van der Waals surface area contributed by atoms with Gasteiger partial charge in [0.25, 0.3) is 5.91 Å². The fraction of sp³-hybridized carbons (Fsp3) is 0.450. The van der Waals surface area contributed by atoms with E-state index in [0.29, 0.717) is 12.5 Å². The Morgan fingerprint density at radius 3 is 2.61 bits per heavy atom. The highest BCUT2D eigenvalue weighted by atomic mass is 19.4. The Hall–Kier alpha value is -3.35. The highest BCUT2D eigenvalue weighted by molar-refractivity contribution is 6.19. The van der Waals surface area contributed by atoms with E-state index in [0.717, 1.165) is 12.1 Å². The molecule has 13 heteroatoms. The van der Waals surface area contributed by atoms with Crippen LogP contribution in [0.15, 0.2) is 23.8 Å². The van der Waals surface area contributed by atoms with Crippen molar-refractivity contribution in [2.75, 3.05) is 20.3 Å². The summed E-state index contributed by atoms with van der Waals surface area (Å²) in [6, 6.07) is 2.10. The van der Waals surface area contributed by atoms with Crippen LogP contribution < -0.4 is 15.2 Å². The van der Waals surface area contributed by atoms with Crippen molar-refractivity contribution in [2.24, 2.45) is 5.73 Å². The van der Waals surface area contributed by atoms with Gasteiger partial charge in [-0.15, -0.1) is 0 Å². The van der Waals surface area contributed by atoms with Crippen LogP contribution in [0.4, 0.5) is 17.6 Å². The number of hydrogen-bond donors (Lipinski definition) is 1. The Balaban J connectivity index is 1.82. The number of methoxy groups -OCH3 is 1. The van der Waals surface area contributed by atoms with Crippen LogP contribution >= 0.6 is 0 Å². The minimum atomic E-state index is -4.46. The smallest absolute Gasteiger partial charge is 0.392 e. The minimum absolute atomic E-state index is 0.0772. The number of amides is 1. The minimum Gasteiger partial charge on any atom is -0.496 e. The van der Waals surface area contributed by atoms with Gasteiger partial charge in [0.2, 0.25) is 0 Å². The highest BCUT2D eigenvalue weighted by Gasteiger charge is 2.51. The first kappa shape index (κ1) is 24.3. The van der Waals surface area contributed by atoms with E-state index in [-0.39, 0.29) is 30.8 Å². The number of carbonyl (C=O) groups is 3. The van der Waals surface area contributed by atoms with Crippen molar-refractivity contribution in [1.82, 2.24) is 4.90 Å². The van der Waals surface area contributed by atoms with E-state index in [2.05, 4.69) is 0 Å². The predicted octanol–water partition coefficient (Wildman–Crippen LogP) is 1.93. The van der Waals surface area contributed by atoms with Gasteiger partial charge in [-0.2, -0.15) is 13.2 Å². The largest absolute Gasteiger partial charge is 0.496 e. The van der Waals surface area contributed by atoms with Crippen molar-refractivity contribution >= 4 is 17.8 Å². The fourth-order valence-electron chi connectivity index (χ4n) is 3.49. The van der Waals surface area contributed by atoms with E-state index in [1.54, 1.807) is 0 Å². The van der Waals surface area contributed by atoms with Crippen molar-refractivity contribution in [3.63, 3.8) is 0 Å². The third kappa shape index (κ3) is 5.53. The van der Waals surface area contributed by atoms with Gasteiger partial charge in [-0.05, 0) is 12.5 Å². The van der Waals surface area contributed by atoms with Crippen molar-refractivity contribution in [1.29, 1.82) is 0 Å². The number of ether oxygens (including phenoxy) is 4. The van der Waals surface area contributed by atoms with Crippen LogP contribution in [-0.4, -0.2) is 55.1 Å². The average molecular weight is 476 g/mol. The molecule has 1 spiro atoms. The second-order valence-corrected chi connectivity index (χ2v) is 7.28. The Morgan fingerprint density at radius 1 is 1.24 bits per heavy atom. The molecule has 9 nitrogen and oxygen atoms in total. The molecule has 33 heavy (non-hydrogen) atoms. The zero-order valence-electron chi connectivity index (χ0n) is 17.4. The molecule has 1 atom stereocenters. The average Bonchev–Trinajstić information content (AvgIpc) is 3.00. The van der Waals surface area contributed by atoms with Crippen molar-refractivity contribution in [3.8, 4) is 11.5 Å². The number of likely N-dealkylation sites (tertiary alicyclic amines) is 1. The predicted molar refractivity (Wildman–Crippen MR) is 101 cm³/mol. The lowest BCUT2D eigenvalue weighted by molar-refractivity contribution is -0.271. The molecular weight excluding hydrogens is 456 g/mol. The van der Waals surface area contributed by atoms with Crippen molar-refractivity contribution < 1.29 is 50.9 Å². The summed E-state index contributed by atoms with van der Waals surface area (Å²) in [7, 11) is 1.27. The van der Waals surface area contributed by atoms with E-state index in [4.69, 9.17) is 24.7 Å². The first-order valence-electron chi connectivity index (χ1n) is 9.73. The van der Waals surface area contributed by atoms with E-state index >= 15 is 0 Å². The molecule has 1 saturated heterocycles. The van der Waals surface area contributed by atoms with Crippen LogP contribution in [0.2, 0.25) is 0 Å². The molecule has 1 fully saturated rings. The lowest BCUT2D eigenvalue weighted by Gasteiger charge is -2.35. The van der Waals surface area contributed by atoms with Crippen LogP contribution in [0.5, 0.6) is 11.5 Å². The van der Waals surface area contributed by atoms with Crippen molar-refractivity contribution in [3.05, 3.63) is 35.2 Å². The number of benzene rings is 1. The van der Waals surface area contributed by atoms with Gasteiger partial charge in [0, 0.05) is 37.2 Å². The maximum atomic E-state index is 14.5. The number of esters is 2. The summed E-state index contributed by atoms with van der Waals surface area (Å²) in [6.07, 6.45) is -4.57. The van der Waals surface area contributed by atoms with Gasteiger partial charge < -0.3 is 24.7 Å². The molecule has 1 aromatic carbocycles. The Bertz CT molecular complexity index is 995. The van der Waals surface area contributed by atoms with E-state index < -0.39 is 60.1 Å². The molecule has 0 aliphatic carbocycles. The molecular formula is C20H20F4N2O7. The highest BCUT2D eigenvalue weighted by Crippen LogP contribution is 2.38. The SMILES string of the molecule is COc1cc(OCCC(F)(F)F)c(F)cc1CN1CCCC12OC(=O)C=C(C(N)=O)C(=O)O2. The Labute approximate surface area is 185 Å². The van der Waals surface area contributed by atoms with E-state index in [1.165, 1.54) is 12.0 Å². The van der Waals surface area contributed by atoms with Crippen LogP contribution in [0.3, 0.4) is 0 Å². The van der Waals surface area contributed by atoms with Crippen LogP contribution in [-0.2, 0) is 30.4 Å². The van der Waals surface area contributed by atoms with Crippen LogP contribution in [0, 0.1) is 5.82 Å². The number of rotatable bonds is 7. The number of halogens is 4. The summed E-state index contributed by atoms with van der Waals surface area (Å²) in [4.78, 5) is 37.3. The third-order valence-corrected chi connectivity index (χ3v) is 5.00. The molecule has 0 bridgehead atoms. The van der Waals surface area contributed by atoms with E-state index in [1.807, 2.05) is 0 Å². The lowest BCUT2D eigenvalue weighted by atomic mass is 10.1. The Morgan fingerprint density at radius 2 is 1.97 bits per heavy atom. The standard InChI is InChI=1S/C20H20F4N2O7/c1-30-14-9-15(31-6-4-19(22,23)24)13(21)7-11(14)10-26-5-2-3-20(26)32-16(27)8-12(17(25)28)18(29)33-20/h7-9H,2-6,10H2,1H3,(H2,25,28). The van der Waals surface area contributed by atoms with Gasteiger partial charge in [-0.3, -0.25) is 4.79 Å². The summed E-state index contributed by atoms with van der Waals surface area (Å²) in [5.41, 5.74) is 4.65. The van der Waals surface area contributed by atoms with Crippen LogP contribution in [0.25, 0.3) is 0 Å². The molecule has 1 aromatic rings. The van der Waals surface area contributed by atoms with Crippen molar-refractivity contribution in [2.45, 2.75) is 37.9 Å². The molecule has 1 amide bonds. The third-order valence-electron chi connectivity index (χ3n) is 5.00. The molecule has 2 N–H and O–H groups in total. The summed E-state index contributed by atoms with van der Waals surface area (Å²) in [5.74, 6) is -6.47. The summed E-state index contributed by atoms with van der Waals surface area (Å²) >= 11 is 0. The molecule has 1 unspecified atom stereocenters. The zero-order valence-corrected chi connectivity index (χ0v) is 17.4. The summed E-state index contributed by atoms with van der Waals surface area (Å²) in [5, 5.41) is 0. The topological polar surface area (TPSA) is 117 Å². The summed E-state index contributed by atoms with van der Waals surface area (Å²) in [6.45, 7) is -0.643.